The van der Waals surface area contributed by atoms with E-state index < -0.39 is 0 Å². The van der Waals surface area contributed by atoms with Gasteiger partial charge in [-0.25, -0.2) is 0 Å². The normalized spacial score (nSPS) is 16.0. The highest BCUT2D eigenvalue weighted by molar-refractivity contribution is 5.75. The number of hydrogen-bond acceptors (Lipinski definition) is 4. The van der Waals surface area contributed by atoms with Gasteiger partial charge in [-0.15, -0.1) is 10.2 Å². The predicted octanol–water partition coefficient (Wildman–Crippen LogP) is -0.934. The third kappa shape index (κ3) is 0.453. The average molecular weight is 84.1 g/mol. The van der Waals surface area contributed by atoms with Crippen molar-refractivity contribution in [3.63, 3.8) is 0 Å². The molecule has 0 saturated heterocycles. The molecule has 4 heteroatoms. The molecular weight excluding hydrogens is 80.0 g/mol. The molecule has 2 N–H and O–H groups in total. The van der Waals surface area contributed by atoms with Crippen molar-refractivity contribution < 1.29 is 0 Å². The molecule has 1 aliphatic rings. The first-order valence-electron chi connectivity index (χ1n) is 1.54. The Hall–Kier alpha value is -1.06. The summed E-state index contributed by atoms with van der Waals surface area (Å²) in [4.78, 5) is 0. The fraction of sp³-hybridized carbons (Fsp3) is 0. The molecule has 1 heterocycles. The van der Waals surface area contributed by atoms with Crippen LogP contribution in [-0.2, 0) is 0 Å². The van der Waals surface area contributed by atoms with Crippen LogP contribution in [0.3, 0.4) is 0 Å². The quantitative estimate of drug-likeness (QED) is 0.398. The zero-order valence-corrected chi connectivity index (χ0v) is 3.05. The van der Waals surface area contributed by atoms with Crippen LogP contribution in [0.25, 0.3) is 0 Å². The highest BCUT2D eigenvalue weighted by Gasteiger charge is 1.71. The van der Waals surface area contributed by atoms with Crippen LogP contribution in [0.1, 0.15) is 0 Å². The summed E-state index contributed by atoms with van der Waals surface area (Å²) in [6.07, 6.45) is 3.01. The summed E-state index contributed by atoms with van der Waals surface area (Å²) < 4.78 is 0. The number of hydrogen-bond donors (Lipinski definition) is 2. The van der Waals surface area contributed by atoms with E-state index in [1.54, 1.807) is 0 Å². The molecule has 1 rings (SSSR count). The molecule has 0 fully saturated rings. The van der Waals surface area contributed by atoms with Gasteiger partial charge >= 0.3 is 0 Å². The molecule has 0 aromatic carbocycles. The smallest absolute Gasteiger partial charge is 0.115 e. The molecule has 0 amide bonds. The zero-order valence-electron chi connectivity index (χ0n) is 3.05. The summed E-state index contributed by atoms with van der Waals surface area (Å²) in [5.74, 6) is 0. The topological polar surface area (TPSA) is 48.8 Å². The number of hydrazone groups is 2. The van der Waals surface area contributed by atoms with E-state index in [-0.39, 0.29) is 0 Å². The van der Waals surface area contributed by atoms with Crippen molar-refractivity contribution in [1.82, 2.24) is 10.9 Å². The van der Waals surface area contributed by atoms with E-state index in [4.69, 9.17) is 0 Å². The lowest BCUT2D eigenvalue weighted by Crippen LogP contribution is -2.16. The van der Waals surface area contributed by atoms with Gasteiger partial charge in [0, 0.05) is 0 Å². The molecule has 32 valence electrons. The van der Waals surface area contributed by atoms with E-state index in [0.717, 1.165) is 0 Å². The molecule has 0 aromatic heterocycles. The first-order valence-corrected chi connectivity index (χ1v) is 1.54. The van der Waals surface area contributed by atoms with Crippen molar-refractivity contribution >= 4 is 12.7 Å². The van der Waals surface area contributed by atoms with E-state index in [0.29, 0.717) is 0 Å². The highest BCUT2D eigenvalue weighted by atomic mass is 15.5. The standard InChI is InChI=1S/C2H4N4/c1-3-2-5-6-4-1/h1-2,6H,(H,3,4,5). The predicted molar refractivity (Wildman–Crippen MR) is 23.3 cm³/mol. The second-order valence-electron chi connectivity index (χ2n) is 0.783. The van der Waals surface area contributed by atoms with Crippen LogP contribution in [0.2, 0.25) is 0 Å². The van der Waals surface area contributed by atoms with Gasteiger partial charge in [-0.3, -0.25) is 0 Å². The van der Waals surface area contributed by atoms with Crippen LogP contribution in [0.15, 0.2) is 10.2 Å². The molecule has 0 bridgehead atoms. The second-order valence-corrected chi connectivity index (χ2v) is 0.783. The Kier molecular flexibility index (Phi) is 0.731. The Morgan fingerprint density at radius 3 is 2.00 bits per heavy atom. The van der Waals surface area contributed by atoms with Crippen LogP contribution < -0.4 is 10.9 Å². The van der Waals surface area contributed by atoms with Crippen molar-refractivity contribution in [1.29, 1.82) is 0 Å². The van der Waals surface area contributed by atoms with Crippen molar-refractivity contribution in [3.05, 3.63) is 0 Å². The van der Waals surface area contributed by atoms with Crippen molar-refractivity contribution in [2.75, 3.05) is 0 Å². The first-order chi connectivity index (χ1) is 3.00. The van der Waals surface area contributed by atoms with Crippen LogP contribution in [0, 0.1) is 0 Å². The van der Waals surface area contributed by atoms with E-state index in [9.17, 15) is 0 Å². The van der Waals surface area contributed by atoms with Gasteiger partial charge in [-0.1, -0.05) is 0 Å². The molecule has 4 nitrogen and oxygen atoms in total. The van der Waals surface area contributed by atoms with E-state index in [1.165, 1.54) is 12.7 Å². The van der Waals surface area contributed by atoms with Crippen molar-refractivity contribution in [2.45, 2.75) is 0 Å². The van der Waals surface area contributed by atoms with E-state index >= 15 is 0 Å². The van der Waals surface area contributed by atoms with Crippen LogP contribution in [0.4, 0.5) is 0 Å². The summed E-state index contributed by atoms with van der Waals surface area (Å²) in [7, 11) is 0. The van der Waals surface area contributed by atoms with Crippen LogP contribution in [0.5, 0.6) is 0 Å². The van der Waals surface area contributed by atoms with Crippen LogP contribution in [-0.4, -0.2) is 12.7 Å². The SMILES string of the molecule is C1=NNN=CN1. The molecule has 1 aliphatic heterocycles. The van der Waals surface area contributed by atoms with Crippen LogP contribution >= 0.6 is 0 Å². The van der Waals surface area contributed by atoms with Gasteiger partial charge in [0.1, 0.15) is 12.7 Å². The van der Waals surface area contributed by atoms with E-state index in [1.807, 2.05) is 0 Å². The molecule has 0 aromatic rings. The molecule has 0 radical (unpaired) electrons. The lowest BCUT2D eigenvalue weighted by atomic mass is 11.1. The monoisotopic (exact) mass is 84.0 g/mol. The Morgan fingerprint density at radius 2 is 1.83 bits per heavy atom. The Balaban J connectivity index is 2.40. The minimum absolute atomic E-state index is 1.51. The molecule has 0 unspecified atom stereocenters. The number of rotatable bonds is 0. The van der Waals surface area contributed by atoms with Gasteiger partial charge in [-0.05, 0) is 0 Å². The second kappa shape index (κ2) is 1.40. The zero-order chi connectivity index (χ0) is 4.24. The number of nitrogens with zero attached hydrogens (tertiary/aromatic N) is 2. The average Bonchev–Trinajstić information content (AvgIpc) is 1.72. The van der Waals surface area contributed by atoms with Crippen molar-refractivity contribution in [2.24, 2.45) is 10.2 Å². The molecule has 0 saturated carbocycles. The van der Waals surface area contributed by atoms with Gasteiger partial charge < -0.3 is 5.32 Å². The van der Waals surface area contributed by atoms with E-state index in [2.05, 4.69) is 21.1 Å². The lowest BCUT2D eigenvalue weighted by molar-refractivity contribution is 0.796. The number of nitrogens with one attached hydrogen (secondary N) is 2. The van der Waals surface area contributed by atoms with Gasteiger partial charge in [0.15, 0.2) is 0 Å². The summed E-state index contributed by atoms with van der Waals surface area (Å²) in [6.45, 7) is 0. The molecular formula is C2H4N4. The molecule has 0 aliphatic carbocycles. The fourth-order valence-corrected chi connectivity index (χ4v) is 0.199. The summed E-state index contributed by atoms with van der Waals surface area (Å²) in [5, 5.41) is 9.62. The molecule has 0 spiro atoms. The molecule has 6 heavy (non-hydrogen) atoms. The highest BCUT2D eigenvalue weighted by Crippen LogP contribution is 1.58. The lowest BCUT2D eigenvalue weighted by Gasteiger charge is -1.93. The Labute approximate surface area is 34.9 Å². The maximum Gasteiger partial charge on any atom is 0.115 e. The summed E-state index contributed by atoms with van der Waals surface area (Å²) >= 11 is 0. The fourth-order valence-electron chi connectivity index (χ4n) is 0.199. The third-order valence-electron chi connectivity index (χ3n) is 0.394. The summed E-state index contributed by atoms with van der Waals surface area (Å²) in [6, 6.07) is 0. The maximum atomic E-state index is 3.49. The van der Waals surface area contributed by atoms with Gasteiger partial charge in [0.25, 0.3) is 0 Å². The maximum absolute atomic E-state index is 3.49. The molecule has 0 atom stereocenters. The van der Waals surface area contributed by atoms with Crippen molar-refractivity contribution in [3.8, 4) is 0 Å². The summed E-state index contributed by atoms with van der Waals surface area (Å²) in [5.41, 5.74) is 2.36. The Morgan fingerprint density at radius 1 is 1.17 bits per heavy atom. The van der Waals surface area contributed by atoms with Gasteiger partial charge in [0.2, 0.25) is 0 Å². The third-order valence-corrected chi connectivity index (χ3v) is 0.394. The minimum Gasteiger partial charge on any atom is -0.334 e. The minimum atomic E-state index is 1.51. The first kappa shape index (κ1) is 3.14. The van der Waals surface area contributed by atoms with Gasteiger partial charge in [0.05, 0.1) is 0 Å². The van der Waals surface area contributed by atoms with Gasteiger partial charge in [-0.2, -0.15) is 5.53 Å². The largest absolute Gasteiger partial charge is 0.334 e. The Bertz CT molecular complexity index is 63.5.